The molecule has 1 N–H and O–H groups in total. The number of sulfonamides is 2. The van der Waals surface area contributed by atoms with Gasteiger partial charge in [-0.1, -0.05) is 11.6 Å². The summed E-state index contributed by atoms with van der Waals surface area (Å²) in [4.78, 5) is 2.25. The molecule has 0 spiro atoms. The van der Waals surface area contributed by atoms with Crippen molar-refractivity contribution < 1.29 is 26.3 Å². The lowest BCUT2D eigenvalue weighted by atomic mass is 10.2. The summed E-state index contributed by atoms with van der Waals surface area (Å²) < 4.78 is 66.7. The monoisotopic (exact) mass is 529 g/mol. The quantitative estimate of drug-likeness (QED) is 0.559. The minimum atomic E-state index is -3.74. The Labute approximate surface area is 205 Å². The van der Waals surface area contributed by atoms with Crippen LogP contribution in [0.3, 0.4) is 0 Å². The van der Waals surface area contributed by atoms with Gasteiger partial charge in [0, 0.05) is 44.4 Å². The van der Waals surface area contributed by atoms with Gasteiger partial charge < -0.3 is 14.4 Å². The Bertz CT molecular complexity index is 1210. The normalized spacial score (nSPS) is 19.9. The van der Waals surface area contributed by atoms with Crippen LogP contribution in [0.4, 0.5) is 5.69 Å². The highest BCUT2D eigenvalue weighted by Crippen LogP contribution is 2.32. The molecule has 1 unspecified atom stereocenters. The highest BCUT2D eigenvalue weighted by atomic mass is 35.5. The molecule has 2 heterocycles. The highest BCUT2D eigenvalue weighted by molar-refractivity contribution is 7.89. The molecular formula is C22H28ClN3O6S2. The Morgan fingerprint density at radius 3 is 2.32 bits per heavy atom. The summed E-state index contributed by atoms with van der Waals surface area (Å²) in [5.41, 5.74) is 0.603. The first-order valence-electron chi connectivity index (χ1n) is 11.0. The molecule has 0 radical (unpaired) electrons. The third-order valence-electron chi connectivity index (χ3n) is 6.02. The Morgan fingerprint density at radius 1 is 1.03 bits per heavy atom. The number of rotatable bonds is 8. The molecule has 9 nitrogen and oxygen atoms in total. The molecule has 0 aromatic heterocycles. The molecule has 2 aromatic carbocycles. The predicted octanol–water partition coefficient (Wildman–Crippen LogP) is 2.32. The number of anilines is 1. The first kappa shape index (κ1) is 25.2. The summed E-state index contributed by atoms with van der Waals surface area (Å²) >= 11 is 5.88. The maximum Gasteiger partial charge on any atom is 0.243 e. The van der Waals surface area contributed by atoms with E-state index in [1.807, 2.05) is 4.90 Å². The van der Waals surface area contributed by atoms with E-state index >= 15 is 0 Å². The van der Waals surface area contributed by atoms with Crippen LogP contribution in [0.15, 0.2) is 52.3 Å². The summed E-state index contributed by atoms with van der Waals surface area (Å²) in [6.45, 7) is 2.15. The Hall–Kier alpha value is -1.89. The van der Waals surface area contributed by atoms with E-state index in [1.165, 1.54) is 29.6 Å². The minimum absolute atomic E-state index is 0.108. The first-order valence-corrected chi connectivity index (χ1v) is 14.3. The molecule has 4 rings (SSSR count). The molecule has 2 fully saturated rings. The number of methoxy groups -OCH3 is 1. The van der Waals surface area contributed by atoms with Gasteiger partial charge in [-0.25, -0.2) is 21.6 Å². The Balaban J connectivity index is 1.48. The average molecular weight is 530 g/mol. The fourth-order valence-corrected chi connectivity index (χ4v) is 6.73. The van der Waals surface area contributed by atoms with Crippen molar-refractivity contribution in [2.75, 3.05) is 51.3 Å². The van der Waals surface area contributed by atoms with E-state index in [2.05, 4.69) is 4.72 Å². The van der Waals surface area contributed by atoms with Crippen LogP contribution in [-0.4, -0.2) is 73.7 Å². The van der Waals surface area contributed by atoms with Gasteiger partial charge in [0.15, 0.2) is 0 Å². The van der Waals surface area contributed by atoms with Crippen LogP contribution in [0.2, 0.25) is 5.02 Å². The zero-order chi connectivity index (χ0) is 24.3. The second-order valence-corrected chi connectivity index (χ2v) is 12.3. The SMILES string of the molecule is COc1ccc(S(=O)(=O)NCC2CCCO2)cc1N1CCN(S(=O)(=O)c2ccc(Cl)cc2)CC1. The van der Waals surface area contributed by atoms with Crippen LogP contribution < -0.4 is 14.4 Å². The largest absolute Gasteiger partial charge is 0.495 e. The van der Waals surface area contributed by atoms with Crippen LogP contribution in [0.1, 0.15) is 12.8 Å². The number of benzene rings is 2. The van der Waals surface area contributed by atoms with E-state index in [4.69, 9.17) is 21.1 Å². The first-order chi connectivity index (χ1) is 16.2. The molecule has 0 aliphatic carbocycles. The maximum atomic E-state index is 13.0. The molecule has 1 atom stereocenters. The van der Waals surface area contributed by atoms with Gasteiger partial charge in [-0.15, -0.1) is 0 Å². The fourth-order valence-electron chi connectivity index (χ4n) is 4.10. The predicted molar refractivity (Wildman–Crippen MR) is 130 cm³/mol. The van der Waals surface area contributed by atoms with Gasteiger partial charge in [0.2, 0.25) is 20.0 Å². The molecule has 2 saturated heterocycles. The lowest BCUT2D eigenvalue weighted by Gasteiger charge is -2.36. The van der Waals surface area contributed by atoms with Crippen LogP contribution in [-0.2, 0) is 24.8 Å². The van der Waals surface area contributed by atoms with Gasteiger partial charge >= 0.3 is 0 Å². The van der Waals surface area contributed by atoms with Gasteiger partial charge in [-0.05, 0) is 55.3 Å². The van der Waals surface area contributed by atoms with Gasteiger partial charge in [0.25, 0.3) is 0 Å². The molecule has 0 amide bonds. The lowest BCUT2D eigenvalue weighted by molar-refractivity contribution is 0.114. The third kappa shape index (κ3) is 5.50. The number of hydrogen-bond acceptors (Lipinski definition) is 7. The molecule has 2 aromatic rings. The van der Waals surface area contributed by atoms with Gasteiger partial charge in [-0.3, -0.25) is 0 Å². The van der Waals surface area contributed by atoms with E-state index in [0.29, 0.717) is 36.2 Å². The second kappa shape index (κ2) is 10.4. The summed E-state index contributed by atoms with van der Waals surface area (Å²) in [7, 11) is -5.87. The smallest absolute Gasteiger partial charge is 0.243 e. The maximum absolute atomic E-state index is 13.0. The molecular weight excluding hydrogens is 502 g/mol. The summed E-state index contributed by atoms with van der Waals surface area (Å²) in [5, 5.41) is 0.468. The van der Waals surface area contributed by atoms with Crippen molar-refractivity contribution in [1.82, 2.24) is 9.03 Å². The van der Waals surface area contributed by atoms with Crippen molar-refractivity contribution in [3.05, 3.63) is 47.5 Å². The van der Waals surface area contributed by atoms with E-state index in [1.54, 1.807) is 24.3 Å². The lowest BCUT2D eigenvalue weighted by Crippen LogP contribution is -2.48. The van der Waals surface area contributed by atoms with Gasteiger partial charge in [0.1, 0.15) is 5.75 Å². The van der Waals surface area contributed by atoms with Gasteiger partial charge in [-0.2, -0.15) is 4.31 Å². The van der Waals surface area contributed by atoms with E-state index in [0.717, 1.165) is 12.8 Å². The van der Waals surface area contributed by atoms with Crippen molar-refractivity contribution >= 4 is 37.3 Å². The van der Waals surface area contributed by atoms with Crippen molar-refractivity contribution in [3.63, 3.8) is 0 Å². The molecule has 2 aliphatic rings. The standard InChI is InChI=1S/C22H28ClN3O6S2/c1-31-22-9-8-20(33(27,28)24-16-18-3-2-14-32-18)15-21(22)25-10-12-26(13-11-25)34(29,30)19-6-4-17(23)5-7-19/h4-9,15,18,24H,2-3,10-14,16H2,1H3. The van der Waals surface area contributed by atoms with E-state index < -0.39 is 20.0 Å². The van der Waals surface area contributed by atoms with Crippen LogP contribution >= 0.6 is 11.6 Å². The molecule has 186 valence electrons. The molecule has 12 heteroatoms. The van der Waals surface area contributed by atoms with E-state index in [9.17, 15) is 16.8 Å². The van der Waals surface area contributed by atoms with Crippen LogP contribution in [0.25, 0.3) is 0 Å². The minimum Gasteiger partial charge on any atom is -0.495 e. The van der Waals surface area contributed by atoms with Crippen LogP contribution in [0.5, 0.6) is 5.75 Å². The molecule has 0 saturated carbocycles. The highest BCUT2D eigenvalue weighted by Gasteiger charge is 2.30. The third-order valence-corrected chi connectivity index (χ3v) is 9.60. The zero-order valence-corrected chi connectivity index (χ0v) is 21.2. The van der Waals surface area contributed by atoms with Crippen molar-refractivity contribution in [3.8, 4) is 5.75 Å². The summed E-state index contributed by atoms with van der Waals surface area (Å²) in [6.07, 6.45) is 1.65. The van der Waals surface area contributed by atoms with Crippen molar-refractivity contribution in [1.29, 1.82) is 0 Å². The Morgan fingerprint density at radius 2 is 1.71 bits per heavy atom. The molecule has 34 heavy (non-hydrogen) atoms. The summed E-state index contributed by atoms with van der Waals surface area (Å²) in [6, 6.07) is 10.8. The fraction of sp³-hybridized carbons (Fsp3) is 0.455. The van der Waals surface area contributed by atoms with Gasteiger partial charge in [0.05, 0.1) is 28.7 Å². The number of piperazine rings is 1. The second-order valence-electron chi connectivity index (χ2n) is 8.17. The number of nitrogens with one attached hydrogen (secondary N) is 1. The number of ether oxygens (including phenoxy) is 2. The number of nitrogens with zero attached hydrogens (tertiary/aromatic N) is 2. The topological polar surface area (TPSA) is 105 Å². The molecule has 2 aliphatic heterocycles. The zero-order valence-electron chi connectivity index (χ0n) is 18.8. The number of hydrogen-bond donors (Lipinski definition) is 1. The van der Waals surface area contributed by atoms with Crippen molar-refractivity contribution in [2.45, 2.75) is 28.7 Å². The van der Waals surface area contributed by atoms with E-state index in [-0.39, 0.29) is 35.5 Å². The number of halogens is 1. The Kier molecular flexibility index (Phi) is 7.70. The average Bonchev–Trinajstić information content (AvgIpc) is 3.37. The van der Waals surface area contributed by atoms with Crippen molar-refractivity contribution in [2.24, 2.45) is 0 Å². The van der Waals surface area contributed by atoms with Crippen LogP contribution in [0, 0.1) is 0 Å². The summed E-state index contributed by atoms with van der Waals surface area (Å²) in [5.74, 6) is 0.520. The molecule has 0 bridgehead atoms.